The maximum atomic E-state index is 13.6. The number of nitrogens with zero attached hydrogens (tertiary/aromatic N) is 1. The first kappa shape index (κ1) is 15.9. The Balaban J connectivity index is 2.79. The van der Waals surface area contributed by atoms with Crippen molar-refractivity contribution in [2.45, 2.75) is 19.4 Å². The summed E-state index contributed by atoms with van der Waals surface area (Å²) in [6, 6.07) is 4.60. The number of benzene rings is 1. The van der Waals surface area contributed by atoms with E-state index in [-0.39, 0.29) is 31.4 Å². The predicted octanol–water partition coefficient (Wildman–Crippen LogP) is 2.88. The number of aliphatic hydroxyl groups excluding tert-OH is 1. The number of carbonyl (C=O) groups is 1. The lowest BCUT2D eigenvalue weighted by Crippen LogP contribution is -2.33. The Morgan fingerprint density at radius 1 is 1.53 bits per heavy atom. The Labute approximate surface area is 120 Å². The van der Waals surface area contributed by atoms with Gasteiger partial charge >= 0.3 is 0 Å². The molecule has 104 valence electrons. The molecule has 0 saturated carbocycles. The molecule has 0 unspecified atom stereocenters. The summed E-state index contributed by atoms with van der Waals surface area (Å²) in [7, 11) is 0. The largest absolute Gasteiger partial charge is 0.395 e. The minimum atomic E-state index is -0.359. The summed E-state index contributed by atoms with van der Waals surface area (Å²) in [6.07, 6.45) is 2.55. The van der Waals surface area contributed by atoms with E-state index in [0.717, 1.165) is 4.47 Å². The van der Waals surface area contributed by atoms with Crippen molar-refractivity contribution in [2.24, 2.45) is 0 Å². The normalized spacial score (nSPS) is 10.3. The Morgan fingerprint density at radius 2 is 2.26 bits per heavy atom. The van der Waals surface area contributed by atoms with Crippen LogP contribution in [0.5, 0.6) is 0 Å². The summed E-state index contributed by atoms with van der Waals surface area (Å²) in [4.78, 5) is 13.4. The summed E-state index contributed by atoms with van der Waals surface area (Å²) in [5, 5.41) is 9.00. The van der Waals surface area contributed by atoms with Crippen molar-refractivity contribution in [2.75, 3.05) is 13.2 Å². The number of allylic oxidation sites excluding steroid dienone is 1. The zero-order chi connectivity index (χ0) is 14.3. The zero-order valence-electron chi connectivity index (χ0n) is 10.6. The van der Waals surface area contributed by atoms with Crippen LogP contribution >= 0.6 is 15.9 Å². The Morgan fingerprint density at radius 3 is 2.89 bits per heavy atom. The topological polar surface area (TPSA) is 40.5 Å². The van der Waals surface area contributed by atoms with Crippen LogP contribution in [-0.2, 0) is 11.3 Å². The first-order chi connectivity index (χ1) is 9.08. The molecule has 0 saturated heterocycles. The van der Waals surface area contributed by atoms with Crippen LogP contribution in [0.1, 0.15) is 18.4 Å². The third-order valence-corrected chi connectivity index (χ3v) is 3.15. The smallest absolute Gasteiger partial charge is 0.223 e. The highest BCUT2D eigenvalue weighted by atomic mass is 79.9. The van der Waals surface area contributed by atoms with Gasteiger partial charge in [0.1, 0.15) is 5.82 Å². The van der Waals surface area contributed by atoms with E-state index < -0.39 is 0 Å². The minimum Gasteiger partial charge on any atom is -0.395 e. The molecular weight excluding hydrogens is 313 g/mol. The summed E-state index contributed by atoms with van der Waals surface area (Å²) in [5.74, 6) is -0.476. The molecule has 0 aliphatic rings. The van der Waals surface area contributed by atoms with Crippen LogP contribution in [0.4, 0.5) is 4.39 Å². The van der Waals surface area contributed by atoms with Gasteiger partial charge in [-0.15, -0.1) is 6.58 Å². The van der Waals surface area contributed by atoms with E-state index in [4.69, 9.17) is 5.11 Å². The average molecular weight is 330 g/mol. The van der Waals surface area contributed by atoms with Crippen LogP contribution in [0.25, 0.3) is 0 Å². The monoisotopic (exact) mass is 329 g/mol. The molecule has 0 atom stereocenters. The third-order valence-electron chi connectivity index (χ3n) is 2.65. The van der Waals surface area contributed by atoms with Crippen molar-refractivity contribution < 1.29 is 14.3 Å². The maximum Gasteiger partial charge on any atom is 0.223 e. The molecule has 5 heteroatoms. The van der Waals surface area contributed by atoms with Crippen molar-refractivity contribution in [1.29, 1.82) is 0 Å². The Hall–Kier alpha value is -1.20. The molecule has 0 spiro atoms. The van der Waals surface area contributed by atoms with Crippen LogP contribution in [-0.4, -0.2) is 29.1 Å². The van der Waals surface area contributed by atoms with Crippen LogP contribution in [0.15, 0.2) is 35.3 Å². The van der Waals surface area contributed by atoms with Crippen LogP contribution in [0, 0.1) is 5.82 Å². The summed E-state index contributed by atoms with van der Waals surface area (Å²) >= 11 is 3.27. The number of hydrogen-bond donors (Lipinski definition) is 1. The summed E-state index contributed by atoms with van der Waals surface area (Å²) in [5.41, 5.74) is 0.426. The first-order valence-corrected chi connectivity index (χ1v) is 6.81. The highest BCUT2D eigenvalue weighted by Crippen LogP contribution is 2.17. The number of aliphatic hydroxyl groups is 1. The third kappa shape index (κ3) is 5.12. The predicted molar refractivity (Wildman–Crippen MR) is 76.0 cm³/mol. The SMILES string of the molecule is C=CCCC(=O)N(CCO)Cc1cc(Br)ccc1F. The van der Waals surface area contributed by atoms with Crippen molar-refractivity contribution in [3.63, 3.8) is 0 Å². The second-order valence-electron chi connectivity index (χ2n) is 4.10. The van der Waals surface area contributed by atoms with Gasteiger partial charge in [0.05, 0.1) is 6.61 Å². The van der Waals surface area contributed by atoms with Crippen molar-refractivity contribution in [1.82, 2.24) is 4.90 Å². The molecule has 0 aromatic heterocycles. The number of amides is 1. The molecule has 1 N–H and O–H groups in total. The molecule has 0 radical (unpaired) electrons. The van der Waals surface area contributed by atoms with E-state index in [0.29, 0.717) is 18.4 Å². The molecule has 0 fully saturated rings. The van der Waals surface area contributed by atoms with Crippen molar-refractivity contribution in [3.8, 4) is 0 Å². The fourth-order valence-corrected chi connectivity index (χ4v) is 2.07. The first-order valence-electron chi connectivity index (χ1n) is 6.02. The average Bonchev–Trinajstić information content (AvgIpc) is 2.39. The second-order valence-corrected chi connectivity index (χ2v) is 5.02. The lowest BCUT2D eigenvalue weighted by molar-refractivity contribution is -0.132. The highest BCUT2D eigenvalue weighted by molar-refractivity contribution is 9.10. The molecule has 19 heavy (non-hydrogen) atoms. The van der Waals surface area contributed by atoms with Gasteiger partial charge in [0.2, 0.25) is 5.91 Å². The highest BCUT2D eigenvalue weighted by Gasteiger charge is 2.15. The Bertz CT molecular complexity index is 451. The van der Waals surface area contributed by atoms with Gasteiger partial charge in [-0.05, 0) is 24.6 Å². The van der Waals surface area contributed by atoms with Gasteiger partial charge < -0.3 is 10.0 Å². The standard InChI is InChI=1S/C14H17BrFNO2/c1-2-3-4-14(19)17(7-8-18)10-11-9-12(15)5-6-13(11)16/h2,5-6,9,18H,1,3-4,7-8,10H2. The van der Waals surface area contributed by atoms with Crippen LogP contribution < -0.4 is 0 Å². The van der Waals surface area contributed by atoms with Crippen molar-refractivity contribution >= 4 is 21.8 Å². The van der Waals surface area contributed by atoms with E-state index in [1.54, 1.807) is 18.2 Å². The van der Waals surface area contributed by atoms with Crippen LogP contribution in [0.3, 0.4) is 0 Å². The van der Waals surface area contributed by atoms with Gasteiger partial charge in [0, 0.05) is 29.5 Å². The van der Waals surface area contributed by atoms with E-state index in [2.05, 4.69) is 22.5 Å². The van der Waals surface area contributed by atoms with E-state index in [9.17, 15) is 9.18 Å². The van der Waals surface area contributed by atoms with Gasteiger partial charge in [-0.2, -0.15) is 0 Å². The molecule has 3 nitrogen and oxygen atoms in total. The van der Waals surface area contributed by atoms with E-state index in [1.807, 2.05) is 0 Å². The quantitative estimate of drug-likeness (QED) is 0.781. The van der Waals surface area contributed by atoms with E-state index >= 15 is 0 Å². The second kappa shape index (κ2) is 8.07. The fraction of sp³-hybridized carbons (Fsp3) is 0.357. The molecule has 0 aliphatic heterocycles. The summed E-state index contributed by atoms with van der Waals surface area (Å²) < 4.78 is 14.4. The molecule has 0 heterocycles. The van der Waals surface area contributed by atoms with Crippen LogP contribution in [0.2, 0.25) is 0 Å². The number of rotatable bonds is 7. The van der Waals surface area contributed by atoms with Crippen molar-refractivity contribution in [3.05, 3.63) is 46.7 Å². The van der Waals surface area contributed by atoms with Gasteiger partial charge in [0.15, 0.2) is 0 Å². The Kier molecular flexibility index (Phi) is 6.73. The molecule has 1 rings (SSSR count). The molecule has 1 amide bonds. The fourth-order valence-electron chi connectivity index (χ4n) is 1.67. The lowest BCUT2D eigenvalue weighted by Gasteiger charge is -2.22. The molecular formula is C14H17BrFNO2. The lowest BCUT2D eigenvalue weighted by atomic mass is 10.2. The molecule has 1 aromatic rings. The number of hydrogen-bond acceptors (Lipinski definition) is 2. The minimum absolute atomic E-state index is 0.117. The molecule has 0 bridgehead atoms. The van der Waals surface area contributed by atoms with Gasteiger partial charge in [-0.25, -0.2) is 4.39 Å². The summed E-state index contributed by atoms with van der Waals surface area (Å²) in [6.45, 7) is 3.77. The molecule has 1 aromatic carbocycles. The number of halogens is 2. The van der Waals surface area contributed by atoms with Gasteiger partial charge in [-0.3, -0.25) is 4.79 Å². The maximum absolute atomic E-state index is 13.6. The van der Waals surface area contributed by atoms with Gasteiger partial charge in [-0.1, -0.05) is 22.0 Å². The van der Waals surface area contributed by atoms with E-state index in [1.165, 1.54) is 11.0 Å². The van der Waals surface area contributed by atoms with Gasteiger partial charge in [0.25, 0.3) is 0 Å². The molecule has 0 aliphatic carbocycles. The zero-order valence-corrected chi connectivity index (χ0v) is 12.2. The number of carbonyl (C=O) groups excluding carboxylic acids is 1.